The van der Waals surface area contributed by atoms with Gasteiger partial charge in [-0.15, -0.1) is 0 Å². The van der Waals surface area contributed by atoms with E-state index in [1.165, 1.54) is 39.0 Å². The molecule has 9 rings (SSSR count). The Morgan fingerprint density at radius 2 is 1.48 bits per heavy atom. The lowest BCUT2D eigenvalue weighted by Gasteiger charge is -2.31. The summed E-state index contributed by atoms with van der Waals surface area (Å²) in [4.78, 5) is 58.4. The number of thiocarbonyl (C=S) groups is 1. The topological polar surface area (TPSA) is 147 Å². The number of aryl methyl sites for hydroxylation is 1. The maximum atomic E-state index is 14.0. The van der Waals surface area contributed by atoms with Crippen LogP contribution in [0.1, 0.15) is 102 Å². The molecular formula is C66H71BrN5O6S2+. The van der Waals surface area contributed by atoms with Crippen molar-refractivity contribution < 1.29 is 34.7 Å². The van der Waals surface area contributed by atoms with Crippen LogP contribution in [0.4, 0.5) is 22.7 Å². The maximum absolute atomic E-state index is 14.0. The van der Waals surface area contributed by atoms with Crippen molar-refractivity contribution in [2.75, 3.05) is 41.3 Å². The molecule has 3 aliphatic rings. The van der Waals surface area contributed by atoms with Crippen molar-refractivity contribution in [1.82, 2.24) is 4.90 Å². The number of carbonyl (C=O) groups excluding carboxylic acids is 2. The Labute approximate surface area is 488 Å². The van der Waals surface area contributed by atoms with E-state index in [1.54, 1.807) is 6.07 Å². The number of halogens is 1. The lowest BCUT2D eigenvalue weighted by atomic mass is 9.74. The number of aliphatic carboxylic acids is 2. The molecule has 1 saturated heterocycles. The van der Waals surface area contributed by atoms with E-state index in [9.17, 15) is 29.4 Å². The number of thioether (sulfide) groups is 1. The molecular weight excluding hydrogens is 1100 g/mol. The van der Waals surface area contributed by atoms with Crippen molar-refractivity contribution >= 4 is 112 Å². The van der Waals surface area contributed by atoms with Gasteiger partial charge in [-0.25, -0.2) is 0 Å². The van der Waals surface area contributed by atoms with Gasteiger partial charge in [0, 0.05) is 68.2 Å². The second-order valence-electron chi connectivity index (χ2n) is 23.1. The Kier molecular flexibility index (Phi) is 17.1. The van der Waals surface area contributed by atoms with Crippen LogP contribution in [0.5, 0.6) is 0 Å². The summed E-state index contributed by atoms with van der Waals surface area (Å²) < 4.78 is 1.30. The van der Waals surface area contributed by atoms with Gasteiger partial charge in [-0.1, -0.05) is 172 Å². The number of nitrogens with two attached hydrogens (primary N) is 1. The SMILES string of the molecule is Cc1ccc2c(c1)C(C)(C)C(=CC=C1SC(=S)N(CC(=O)Nc3ccc([NH2+]CCC(=O)O)c(C(C)(C)CC=CC=C4N(CCC(=O)O)c5c(c6ccccc6c6ccccc56)C4(C)Cc4ccc(Br)cc4)c3)C1=O)N2CCC(C)C. The lowest BCUT2D eigenvalue weighted by Crippen LogP contribution is -2.79. The van der Waals surface area contributed by atoms with Crippen molar-refractivity contribution in [1.29, 1.82) is 0 Å². The highest BCUT2D eigenvalue weighted by Gasteiger charge is 2.46. The van der Waals surface area contributed by atoms with Crippen molar-refractivity contribution in [3.63, 3.8) is 0 Å². The summed E-state index contributed by atoms with van der Waals surface area (Å²) >= 11 is 10.5. The van der Waals surface area contributed by atoms with Crippen LogP contribution in [0.2, 0.25) is 0 Å². The van der Waals surface area contributed by atoms with E-state index < -0.39 is 28.7 Å². The summed E-state index contributed by atoms with van der Waals surface area (Å²) in [6, 6.07) is 37.5. The average Bonchev–Trinajstić information content (AvgIpc) is 4.13. The van der Waals surface area contributed by atoms with Gasteiger partial charge in [0.05, 0.1) is 30.0 Å². The molecule has 0 spiro atoms. The number of fused-ring (bicyclic) bond motifs is 7. The summed E-state index contributed by atoms with van der Waals surface area (Å²) in [5.74, 6) is -1.97. The molecule has 1 unspecified atom stereocenters. The van der Waals surface area contributed by atoms with E-state index in [4.69, 9.17) is 12.2 Å². The molecule has 0 bridgehead atoms. The smallest absolute Gasteiger partial charge is 0.309 e. The second-order valence-corrected chi connectivity index (χ2v) is 25.7. The minimum Gasteiger partial charge on any atom is -0.481 e. The number of carboxylic acids is 2. The Hall–Kier alpha value is -6.84. The highest BCUT2D eigenvalue weighted by atomic mass is 79.9. The van der Waals surface area contributed by atoms with Crippen LogP contribution in [0.15, 0.2) is 160 Å². The largest absolute Gasteiger partial charge is 0.481 e. The maximum Gasteiger partial charge on any atom is 0.309 e. The summed E-state index contributed by atoms with van der Waals surface area (Å²) in [5, 5.41) is 29.1. The fourth-order valence-corrected chi connectivity index (χ4v) is 13.3. The van der Waals surface area contributed by atoms with Crippen LogP contribution in [0.3, 0.4) is 0 Å². The molecule has 1 fully saturated rings. The van der Waals surface area contributed by atoms with Gasteiger partial charge in [0.1, 0.15) is 16.6 Å². The number of nitrogens with zero attached hydrogens (tertiary/aromatic N) is 3. The molecule has 3 aliphatic heterocycles. The molecule has 0 aliphatic carbocycles. The highest BCUT2D eigenvalue weighted by molar-refractivity contribution is 9.10. The van der Waals surface area contributed by atoms with Gasteiger partial charge in [0.2, 0.25) is 5.91 Å². The molecule has 0 saturated carbocycles. The van der Waals surface area contributed by atoms with Gasteiger partial charge in [-0.2, -0.15) is 0 Å². The van der Waals surface area contributed by atoms with Gasteiger partial charge in [-0.3, -0.25) is 24.1 Å². The van der Waals surface area contributed by atoms with Gasteiger partial charge in [-0.05, 0) is 126 Å². The molecule has 1 atom stereocenters. The zero-order valence-electron chi connectivity index (χ0n) is 46.9. The Morgan fingerprint density at radius 3 is 2.16 bits per heavy atom. The van der Waals surface area contributed by atoms with Gasteiger partial charge >= 0.3 is 11.9 Å². The van der Waals surface area contributed by atoms with E-state index in [0.29, 0.717) is 40.2 Å². The standard InChI is InChI=1S/C66H70BrN5O6S2/c1-41(2)31-35-70-53-27-20-42(3)37-51(53)65(6,7)55(70)29-28-54-62(78)72(63(79)80-54)40-57(73)69-45-25-26-52(68-34-30-58(74)75)50(38-45)64(4,5)33-14-13-19-56-66(8,39-43-21-23-44(67)24-22-43)60-48-17-11-9-15-46(48)47-16-10-12-18-49(47)61(60)71(56)36-32-59(76)77/h9-29,37-38,41,68H,30-36,39-40H2,1-8H3,(H,69,73)(H,74,75)(H,76,77)/p+1. The molecule has 414 valence electrons. The number of anilines is 3. The van der Waals surface area contributed by atoms with Crippen LogP contribution in [-0.2, 0) is 41.8 Å². The fraction of sp³-hybridized carbons (Fsp3) is 0.318. The number of hydrogen-bond acceptors (Lipinski definition) is 8. The van der Waals surface area contributed by atoms with Gasteiger partial charge in [0.15, 0.2) is 0 Å². The highest BCUT2D eigenvalue weighted by Crippen LogP contribution is 2.56. The fourth-order valence-electron chi connectivity index (χ4n) is 11.9. The Balaban J connectivity index is 0.986. The number of carboxylic acid groups (broad SMARTS) is 2. The molecule has 3 heterocycles. The molecule has 14 heteroatoms. The minimum absolute atomic E-state index is 0.0347. The van der Waals surface area contributed by atoms with E-state index in [-0.39, 0.29) is 37.3 Å². The van der Waals surface area contributed by atoms with Gasteiger partial charge < -0.3 is 30.6 Å². The van der Waals surface area contributed by atoms with Crippen molar-refractivity contribution in [3.05, 3.63) is 188 Å². The molecule has 0 aromatic heterocycles. The predicted molar refractivity (Wildman–Crippen MR) is 334 cm³/mol. The number of benzene rings is 6. The molecule has 5 N–H and O–H groups in total. The summed E-state index contributed by atoms with van der Waals surface area (Å²) in [6.07, 6.45) is 12.4. The van der Waals surface area contributed by atoms with Crippen molar-refractivity contribution in [2.45, 2.75) is 104 Å². The third kappa shape index (κ3) is 12.0. The lowest BCUT2D eigenvalue weighted by molar-refractivity contribution is -0.571. The number of amides is 2. The number of quaternary nitrogens is 1. The van der Waals surface area contributed by atoms with Crippen molar-refractivity contribution in [3.8, 4) is 0 Å². The zero-order chi connectivity index (χ0) is 57.3. The average molecular weight is 1170 g/mol. The van der Waals surface area contributed by atoms with E-state index in [0.717, 1.165) is 72.9 Å². The number of hydrogen-bond donors (Lipinski definition) is 4. The molecule has 2 amide bonds. The third-order valence-electron chi connectivity index (χ3n) is 16.0. The van der Waals surface area contributed by atoms with Crippen molar-refractivity contribution in [2.24, 2.45) is 5.92 Å². The van der Waals surface area contributed by atoms with Crippen LogP contribution in [0.25, 0.3) is 21.5 Å². The first-order valence-corrected chi connectivity index (χ1v) is 29.5. The number of nitrogens with one attached hydrogen (secondary N) is 1. The van der Waals surface area contributed by atoms with Crippen LogP contribution < -0.4 is 20.4 Å². The number of rotatable bonds is 20. The summed E-state index contributed by atoms with van der Waals surface area (Å²) in [6.45, 7) is 18.7. The monoisotopic (exact) mass is 1170 g/mol. The predicted octanol–water partition coefficient (Wildman–Crippen LogP) is 13.7. The molecule has 6 aromatic rings. The van der Waals surface area contributed by atoms with Gasteiger partial charge in [0.25, 0.3) is 5.91 Å². The quantitative estimate of drug-likeness (QED) is 0.0252. The first kappa shape index (κ1) is 57.8. The van der Waals surface area contributed by atoms with Crippen LogP contribution >= 0.6 is 39.9 Å². The molecule has 80 heavy (non-hydrogen) atoms. The molecule has 6 aromatic carbocycles. The first-order chi connectivity index (χ1) is 38.1. The van der Waals surface area contributed by atoms with E-state index >= 15 is 0 Å². The van der Waals surface area contributed by atoms with E-state index in [2.05, 4.69) is 190 Å². The summed E-state index contributed by atoms with van der Waals surface area (Å²) in [7, 11) is 0. The number of carbonyl (C=O) groups is 4. The minimum atomic E-state index is -0.893. The normalized spacial score (nSPS) is 18.5. The number of allylic oxidation sites excluding steroid dienone is 7. The summed E-state index contributed by atoms with van der Waals surface area (Å²) in [5.41, 5.74) is 9.97. The Morgan fingerprint density at radius 1 is 0.800 bits per heavy atom. The van der Waals surface area contributed by atoms with Crippen LogP contribution in [-0.4, -0.2) is 69.4 Å². The molecule has 0 radical (unpaired) electrons. The second kappa shape index (κ2) is 23.7. The third-order valence-corrected chi connectivity index (χ3v) is 17.9. The van der Waals surface area contributed by atoms with E-state index in [1.807, 2.05) is 35.7 Å². The first-order valence-electron chi connectivity index (χ1n) is 27.5. The Bertz CT molecular complexity index is 3580. The molecule has 11 nitrogen and oxygen atoms in total. The zero-order valence-corrected chi connectivity index (χ0v) is 50.1. The van der Waals surface area contributed by atoms with Crippen LogP contribution in [0, 0.1) is 12.8 Å².